The van der Waals surface area contributed by atoms with Crippen molar-refractivity contribution in [3.05, 3.63) is 34.4 Å². The molecular weight excluding hydrogens is 202 g/mol. The zero-order valence-corrected chi connectivity index (χ0v) is 8.44. The Hall–Kier alpha value is -1.23. The van der Waals surface area contributed by atoms with Crippen molar-refractivity contribution < 1.29 is 9.66 Å². The summed E-state index contributed by atoms with van der Waals surface area (Å²) in [7, 11) is 0. The van der Waals surface area contributed by atoms with Gasteiger partial charge in [-0.2, -0.15) is 12.6 Å². The molecule has 1 aromatic carbocycles. The molecule has 0 aliphatic carbocycles. The van der Waals surface area contributed by atoms with Gasteiger partial charge in [0.1, 0.15) is 0 Å². The first-order valence-electron chi connectivity index (χ1n) is 4.23. The van der Waals surface area contributed by atoms with Gasteiger partial charge in [-0.1, -0.05) is 12.1 Å². The van der Waals surface area contributed by atoms with Gasteiger partial charge in [0.2, 0.25) is 0 Å². The molecule has 0 N–H and O–H groups in total. The summed E-state index contributed by atoms with van der Waals surface area (Å²) in [5, 5.41) is 10.6. The van der Waals surface area contributed by atoms with E-state index in [1.54, 1.807) is 18.2 Å². The van der Waals surface area contributed by atoms with Gasteiger partial charge in [-0.15, -0.1) is 0 Å². The molecule has 0 atom stereocenters. The Balaban J connectivity index is 2.69. The average Bonchev–Trinajstić information content (AvgIpc) is 2.19. The Bertz CT molecular complexity index is 317. The molecule has 0 spiro atoms. The first-order valence-corrected chi connectivity index (χ1v) is 4.86. The van der Waals surface area contributed by atoms with E-state index in [1.807, 2.05) is 0 Å². The van der Waals surface area contributed by atoms with Crippen LogP contribution in [-0.4, -0.2) is 17.3 Å². The Morgan fingerprint density at radius 2 is 2.14 bits per heavy atom. The van der Waals surface area contributed by atoms with E-state index in [-0.39, 0.29) is 5.69 Å². The predicted octanol–water partition coefficient (Wildman–Crippen LogP) is 2.29. The molecule has 0 saturated carbocycles. The van der Waals surface area contributed by atoms with Crippen molar-refractivity contribution in [2.75, 3.05) is 12.4 Å². The molecular formula is C9H11NO3S. The highest BCUT2D eigenvalue weighted by atomic mass is 32.1. The number of nitro groups is 1. The summed E-state index contributed by atoms with van der Waals surface area (Å²) >= 11 is 4.02. The molecule has 0 saturated heterocycles. The maximum Gasteiger partial charge on any atom is 0.310 e. The fourth-order valence-corrected chi connectivity index (χ4v) is 1.11. The number of thiol groups is 1. The quantitative estimate of drug-likeness (QED) is 0.353. The molecule has 0 amide bonds. The van der Waals surface area contributed by atoms with Gasteiger partial charge in [0.25, 0.3) is 0 Å². The smallest absolute Gasteiger partial charge is 0.310 e. The maximum absolute atomic E-state index is 10.6. The van der Waals surface area contributed by atoms with Gasteiger partial charge in [0.05, 0.1) is 11.5 Å². The Morgan fingerprint density at radius 3 is 2.79 bits per heavy atom. The van der Waals surface area contributed by atoms with E-state index in [0.29, 0.717) is 18.1 Å². The average molecular weight is 213 g/mol. The molecule has 0 aliphatic rings. The normalized spacial score (nSPS) is 9.79. The van der Waals surface area contributed by atoms with E-state index in [9.17, 15) is 10.1 Å². The molecule has 0 heterocycles. The number of nitrogens with zero attached hydrogens (tertiary/aromatic N) is 1. The standard InChI is InChI=1S/C9H11NO3S/c11-10(12)8-4-1-2-5-9(8)13-6-3-7-14/h1-2,4-5,14H,3,6-7H2. The second-order valence-corrected chi connectivity index (χ2v) is 3.10. The number of para-hydroxylation sites is 2. The lowest BCUT2D eigenvalue weighted by Crippen LogP contribution is -2.00. The van der Waals surface area contributed by atoms with Gasteiger partial charge in [0.15, 0.2) is 5.75 Å². The van der Waals surface area contributed by atoms with Crippen LogP contribution in [-0.2, 0) is 0 Å². The van der Waals surface area contributed by atoms with Crippen LogP contribution < -0.4 is 4.74 Å². The Morgan fingerprint density at radius 1 is 1.43 bits per heavy atom. The lowest BCUT2D eigenvalue weighted by atomic mass is 10.3. The Kier molecular flexibility index (Phi) is 4.25. The van der Waals surface area contributed by atoms with Crippen LogP contribution in [0.15, 0.2) is 24.3 Å². The third-order valence-electron chi connectivity index (χ3n) is 1.62. The summed E-state index contributed by atoms with van der Waals surface area (Å²) in [6, 6.07) is 6.35. The van der Waals surface area contributed by atoms with E-state index in [4.69, 9.17) is 4.74 Å². The number of rotatable bonds is 5. The van der Waals surface area contributed by atoms with Crippen LogP contribution in [0.25, 0.3) is 0 Å². The zero-order chi connectivity index (χ0) is 10.4. The number of hydrogen-bond acceptors (Lipinski definition) is 4. The molecule has 0 aromatic heterocycles. The lowest BCUT2D eigenvalue weighted by molar-refractivity contribution is -0.385. The predicted molar refractivity (Wildman–Crippen MR) is 57.1 cm³/mol. The molecule has 0 fully saturated rings. The molecule has 14 heavy (non-hydrogen) atoms. The van der Waals surface area contributed by atoms with Crippen LogP contribution in [0.4, 0.5) is 5.69 Å². The molecule has 1 aromatic rings. The van der Waals surface area contributed by atoms with E-state index in [1.165, 1.54) is 6.07 Å². The van der Waals surface area contributed by atoms with Gasteiger partial charge in [-0.25, -0.2) is 0 Å². The van der Waals surface area contributed by atoms with Crippen molar-refractivity contribution in [3.8, 4) is 5.75 Å². The fourth-order valence-electron chi connectivity index (χ4n) is 0.977. The number of ether oxygens (including phenoxy) is 1. The number of nitro benzene ring substituents is 1. The minimum Gasteiger partial charge on any atom is -0.487 e. The van der Waals surface area contributed by atoms with Gasteiger partial charge >= 0.3 is 5.69 Å². The van der Waals surface area contributed by atoms with Crippen molar-refractivity contribution >= 4 is 18.3 Å². The molecule has 0 bridgehead atoms. The fraction of sp³-hybridized carbons (Fsp3) is 0.333. The minimum atomic E-state index is -0.448. The van der Waals surface area contributed by atoms with Crippen LogP contribution in [0.5, 0.6) is 5.75 Å². The summed E-state index contributed by atoms with van der Waals surface area (Å²) in [5.74, 6) is 1.03. The van der Waals surface area contributed by atoms with Gasteiger partial charge in [0, 0.05) is 6.07 Å². The monoisotopic (exact) mass is 213 g/mol. The van der Waals surface area contributed by atoms with E-state index < -0.39 is 4.92 Å². The zero-order valence-electron chi connectivity index (χ0n) is 7.55. The third kappa shape index (κ3) is 2.92. The van der Waals surface area contributed by atoms with Gasteiger partial charge in [-0.3, -0.25) is 10.1 Å². The minimum absolute atomic E-state index is 0.00617. The summed E-state index contributed by atoms with van der Waals surface area (Å²) in [6.07, 6.45) is 0.773. The molecule has 1 rings (SSSR count). The van der Waals surface area contributed by atoms with Crippen molar-refractivity contribution in [2.45, 2.75) is 6.42 Å². The van der Waals surface area contributed by atoms with E-state index >= 15 is 0 Å². The van der Waals surface area contributed by atoms with E-state index in [2.05, 4.69) is 12.6 Å². The molecule has 5 heteroatoms. The van der Waals surface area contributed by atoms with Gasteiger partial charge < -0.3 is 4.74 Å². The highest BCUT2D eigenvalue weighted by Crippen LogP contribution is 2.25. The summed E-state index contributed by atoms with van der Waals surface area (Å²) < 4.78 is 5.25. The topological polar surface area (TPSA) is 52.4 Å². The second-order valence-electron chi connectivity index (χ2n) is 2.65. The van der Waals surface area contributed by atoms with Crippen molar-refractivity contribution in [1.82, 2.24) is 0 Å². The lowest BCUT2D eigenvalue weighted by Gasteiger charge is -2.04. The summed E-state index contributed by atoms with van der Waals surface area (Å²) in [5.41, 5.74) is 0.00617. The number of benzene rings is 1. The van der Waals surface area contributed by atoms with Crippen LogP contribution in [0.2, 0.25) is 0 Å². The third-order valence-corrected chi connectivity index (χ3v) is 1.94. The molecule has 0 radical (unpaired) electrons. The largest absolute Gasteiger partial charge is 0.487 e. The van der Waals surface area contributed by atoms with Crippen LogP contribution >= 0.6 is 12.6 Å². The molecule has 76 valence electrons. The second kappa shape index (κ2) is 5.49. The van der Waals surface area contributed by atoms with Crippen molar-refractivity contribution in [1.29, 1.82) is 0 Å². The first-order chi connectivity index (χ1) is 6.75. The molecule has 0 unspecified atom stereocenters. The highest BCUT2D eigenvalue weighted by molar-refractivity contribution is 7.80. The van der Waals surface area contributed by atoms with Gasteiger partial charge in [-0.05, 0) is 18.2 Å². The summed E-state index contributed by atoms with van der Waals surface area (Å²) in [6.45, 7) is 0.453. The van der Waals surface area contributed by atoms with Crippen LogP contribution in [0.1, 0.15) is 6.42 Å². The van der Waals surface area contributed by atoms with Crippen molar-refractivity contribution in [2.24, 2.45) is 0 Å². The number of hydrogen-bond donors (Lipinski definition) is 1. The maximum atomic E-state index is 10.6. The van der Waals surface area contributed by atoms with Crippen molar-refractivity contribution in [3.63, 3.8) is 0 Å². The van der Waals surface area contributed by atoms with Crippen LogP contribution in [0, 0.1) is 10.1 Å². The van der Waals surface area contributed by atoms with E-state index in [0.717, 1.165) is 6.42 Å². The highest BCUT2D eigenvalue weighted by Gasteiger charge is 2.12. The molecule has 0 aliphatic heterocycles. The first kappa shape index (κ1) is 10.8. The van der Waals surface area contributed by atoms with Crippen LogP contribution in [0.3, 0.4) is 0 Å². The Labute approximate surface area is 87.4 Å². The SMILES string of the molecule is O=[N+]([O-])c1ccccc1OCCCS. The summed E-state index contributed by atoms with van der Waals surface area (Å²) in [4.78, 5) is 10.1. The molecule has 4 nitrogen and oxygen atoms in total.